The third-order valence-electron chi connectivity index (χ3n) is 9.87. The molecule has 23 nitrogen and oxygen atoms in total. The van der Waals surface area contributed by atoms with Crippen molar-refractivity contribution in [2.24, 2.45) is 11.7 Å². The molecular formula is C40H62AlN10O13+3. The van der Waals surface area contributed by atoms with Gasteiger partial charge in [0.15, 0.2) is 0 Å². The molecule has 1 heterocycles. The summed E-state index contributed by atoms with van der Waals surface area (Å²) in [5.41, 5.74) is 6.05. The van der Waals surface area contributed by atoms with Gasteiger partial charge in [0.2, 0.25) is 59.1 Å². The van der Waals surface area contributed by atoms with Gasteiger partial charge in [-0.3, -0.25) is 63.6 Å². The zero-order valence-electron chi connectivity index (χ0n) is 36.8. The third-order valence-corrected chi connectivity index (χ3v) is 9.87. The number of hydrogen-bond acceptors (Lipinski definition) is 13. The van der Waals surface area contributed by atoms with Gasteiger partial charge in [0.05, 0.1) is 6.42 Å². The van der Waals surface area contributed by atoms with E-state index in [-0.39, 0.29) is 94.3 Å². The van der Waals surface area contributed by atoms with Gasteiger partial charge in [-0.25, -0.2) is 15.2 Å². The molecule has 24 heteroatoms. The number of benzene rings is 1. The molecule has 1 fully saturated rings. The van der Waals surface area contributed by atoms with Crippen LogP contribution in [0.5, 0.6) is 0 Å². The van der Waals surface area contributed by atoms with Crippen LogP contribution >= 0.6 is 0 Å². The second kappa shape index (κ2) is 28.2. The largest absolute Gasteiger partial charge is 3.00 e. The molecular weight excluding hydrogens is 855 g/mol. The van der Waals surface area contributed by atoms with Gasteiger partial charge >= 0.3 is 17.4 Å². The number of nitrogens with two attached hydrogens (primary N) is 1. The summed E-state index contributed by atoms with van der Waals surface area (Å²) in [6.07, 6.45) is -1.87. The van der Waals surface area contributed by atoms with Crippen LogP contribution in [-0.4, -0.2) is 163 Å². The van der Waals surface area contributed by atoms with Crippen molar-refractivity contribution in [3.05, 3.63) is 35.9 Å². The molecule has 11 N–H and O–H groups in total. The summed E-state index contributed by atoms with van der Waals surface area (Å²) in [7, 11) is 0. The molecule has 0 bridgehead atoms. The van der Waals surface area contributed by atoms with Crippen molar-refractivity contribution < 1.29 is 63.6 Å². The maximum Gasteiger partial charge on any atom is 3.00 e. The molecule has 10 amide bonds. The van der Waals surface area contributed by atoms with E-state index < -0.39 is 102 Å². The molecule has 1 aromatic rings. The number of nitrogens with zero attached hydrogens (tertiary/aromatic N) is 3. The molecule has 0 saturated carbocycles. The first-order chi connectivity index (χ1) is 29.6. The van der Waals surface area contributed by atoms with E-state index in [1.54, 1.807) is 44.2 Å². The molecule has 0 radical (unpaired) electrons. The molecule has 1 aliphatic heterocycles. The summed E-state index contributed by atoms with van der Waals surface area (Å²) in [6.45, 7) is 5.93. The van der Waals surface area contributed by atoms with Crippen LogP contribution in [0.15, 0.2) is 30.3 Å². The van der Waals surface area contributed by atoms with Crippen LogP contribution in [0.25, 0.3) is 0 Å². The van der Waals surface area contributed by atoms with Gasteiger partial charge in [0.25, 0.3) is 0 Å². The Bertz CT molecular complexity index is 1790. The minimum Gasteiger partial charge on any atom is -0.370 e. The SMILES string of the molecule is CC(=O)N(O)CCCC1NC(=O)C(CCCN(O)C(C)=O)NC(=O)C(Cc2ccccc2)NC(=O)C(CC(C)C)NC(=O)C(CC(N)=O)NC(=O)C(CCCN(O)C(C)=O)NC1=O.[Al+3]. The summed E-state index contributed by atoms with van der Waals surface area (Å²) in [5.74, 6) is -9.06. The Morgan fingerprint density at radius 1 is 0.547 bits per heavy atom. The molecule has 2 rings (SSSR count). The Balaban J connectivity index is 0.0000205. The summed E-state index contributed by atoms with van der Waals surface area (Å²) >= 11 is 0. The summed E-state index contributed by atoms with van der Waals surface area (Å²) in [4.78, 5) is 132. The molecule has 1 aliphatic rings. The first-order valence-electron chi connectivity index (χ1n) is 20.6. The second-order valence-electron chi connectivity index (χ2n) is 15.7. The zero-order chi connectivity index (χ0) is 47.4. The van der Waals surface area contributed by atoms with Crippen molar-refractivity contribution in [2.75, 3.05) is 19.6 Å². The van der Waals surface area contributed by atoms with E-state index in [1.807, 2.05) is 0 Å². The van der Waals surface area contributed by atoms with Gasteiger partial charge in [-0.05, 0) is 56.4 Å². The Hall–Kier alpha value is -5.67. The molecule has 1 saturated heterocycles. The molecule has 350 valence electrons. The first-order valence-corrected chi connectivity index (χ1v) is 20.6. The number of hydrogen-bond donors (Lipinski definition) is 10. The van der Waals surface area contributed by atoms with Crippen LogP contribution in [0.2, 0.25) is 0 Å². The predicted molar refractivity (Wildman–Crippen MR) is 226 cm³/mol. The number of hydroxylamine groups is 6. The molecule has 0 aliphatic carbocycles. The van der Waals surface area contributed by atoms with Gasteiger partial charge in [0, 0.05) is 46.8 Å². The van der Waals surface area contributed by atoms with Crippen molar-refractivity contribution >= 4 is 76.4 Å². The Kier molecular flexibility index (Phi) is 24.8. The Morgan fingerprint density at radius 2 is 0.859 bits per heavy atom. The fourth-order valence-corrected chi connectivity index (χ4v) is 6.42. The number of primary amides is 1. The van der Waals surface area contributed by atoms with Crippen molar-refractivity contribution in [1.82, 2.24) is 47.1 Å². The summed E-state index contributed by atoms with van der Waals surface area (Å²) < 4.78 is 0. The maximum atomic E-state index is 14.2. The minimum absolute atomic E-state index is 0. The van der Waals surface area contributed by atoms with E-state index in [4.69, 9.17) is 5.73 Å². The smallest absolute Gasteiger partial charge is 0.370 e. The van der Waals surface area contributed by atoms with Gasteiger partial charge in [-0.1, -0.05) is 44.2 Å². The average Bonchev–Trinajstić information content (AvgIpc) is 3.20. The van der Waals surface area contributed by atoms with E-state index in [0.717, 1.165) is 20.8 Å². The number of carbonyl (C=O) groups is 10. The molecule has 64 heavy (non-hydrogen) atoms. The monoisotopic (exact) mass is 917 g/mol. The maximum absolute atomic E-state index is 14.2. The van der Waals surface area contributed by atoms with Crippen LogP contribution in [0, 0.1) is 5.92 Å². The van der Waals surface area contributed by atoms with E-state index >= 15 is 0 Å². The number of carbonyl (C=O) groups excluding carboxylic acids is 10. The van der Waals surface area contributed by atoms with E-state index in [0.29, 0.717) is 20.8 Å². The normalized spacial score (nSPS) is 21.3. The fourth-order valence-electron chi connectivity index (χ4n) is 6.42. The topological polar surface area (TPSA) is 339 Å². The standard InChI is InChI=1S/C40H62N10O13.Al/c1-23(2)20-31-38(58)46-32(21-27-12-7-6-8-13-27)39(59)44-29(15-10-18-49(62)25(4)52)36(56)42-28(14-9-17-48(61)24(3)51)35(55)43-30(16-11-19-50(63)26(5)53)37(57)47-33(22-34(41)54)40(60)45-31;/h6-8,12-13,23,28-33,61-63H,9-11,14-22H2,1-5H3,(H2,41,54)(H,42,56)(H,43,55)(H,44,59)(H,45,60)(H,46,58)(H,47,57);/q;+3. The van der Waals surface area contributed by atoms with Crippen molar-refractivity contribution in [3.63, 3.8) is 0 Å². The summed E-state index contributed by atoms with van der Waals surface area (Å²) in [6, 6.07) is -0.468. The second-order valence-corrected chi connectivity index (χ2v) is 15.7. The van der Waals surface area contributed by atoms with Crippen LogP contribution in [0.4, 0.5) is 0 Å². The van der Waals surface area contributed by atoms with Gasteiger partial charge in [0.1, 0.15) is 36.3 Å². The van der Waals surface area contributed by atoms with E-state index in [9.17, 15) is 63.6 Å². The molecule has 0 spiro atoms. The van der Waals surface area contributed by atoms with Gasteiger partial charge in [-0.15, -0.1) is 0 Å². The van der Waals surface area contributed by atoms with E-state index in [1.165, 1.54) is 0 Å². The Labute approximate surface area is 381 Å². The quantitative estimate of drug-likeness (QED) is 0.0423. The molecule has 0 aromatic heterocycles. The molecule has 6 atom stereocenters. The number of amides is 10. The zero-order valence-corrected chi connectivity index (χ0v) is 38.0. The fraction of sp³-hybridized carbons (Fsp3) is 0.600. The van der Waals surface area contributed by atoms with Crippen molar-refractivity contribution in [1.29, 1.82) is 0 Å². The molecule has 6 unspecified atom stereocenters. The Morgan fingerprint density at radius 3 is 1.22 bits per heavy atom. The third kappa shape index (κ3) is 20.2. The average molecular weight is 918 g/mol. The number of nitrogens with one attached hydrogen (secondary N) is 6. The van der Waals surface area contributed by atoms with Crippen LogP contribution in [-0.2, 0) is 54.4 Å². The van der Waals surface area contributed by atoms with Crippen molar-refractivity contribution in [3.8, 4) is 0 Å². The van der Waals surface area contributed by atoms with Gasteiger partial charge in [-0.2, -0.15) is 0 Å². The first kappa shape index (κ1) is 56.3. The molecule has 1 aromatic carbocycles. The van der Waals surface area contributed by atoms with Crippen LogP contribution < -0.4 is 37.6 Å². The van der Waals surface area contributed by atoms with E-state index in [2.05, 4.69) is 31.9 Å². The minimum atomic E-state index is -1.69. The summed E-state index contributed by atoms with van der Waals surface area (Å²) in [5, 5.41) is 46.4. The predicted octanol–water partition coefficient (Wildman–Crippen LogP) is -2.25. The van der Waals surface area contributed by atoms with Crippen LogP contribution in [0.3, 0.4) is 0 Å². The number of rotatable bonds is 18. The van der Waals surface area contributed by atoms with Crippen LogP contribution in [0.1, 0.15) is 91.5 Å². The van der Waals surface area contributed by atoms with Crippen molar-refractivity contribution in [2.45, 2.75) is 129 Å². The van der Waals surface area contributed by atoms with Gasteiger partial charge < -0.3 is 37.6 Å².